The Hall–Kier alpha value is -2.79. The van der Waals surface area contributed by atoms with E-state index in [1.807, 2.05) is 37.3 Å². The van der Waals surface area contributed by atoms with Gasteiger partial charge in [-0.25, -0.2) is 0 Å². The van der Waals surface area contributed by atoms with Crippen molar-refractivity contribution in [1.29, 1.82) is 0 Å². The number of fused-ring (bicyclic) bond motifs is 1. The highest BCUT2D eigenvalue weighted by Gasteiger charge is 2.20. The number of carbonyl (C=O) groups excluding carboxylic acids is 1. The molecule has 0 unspecified atom stereocenters. The van der Waals surface area contributed by atoms with Gasteiger partial charge in [0.15, 0.2) is 11.5 Å². The molecule has 0 aromatic heterocycles. The molecule has 2 aromatic carbocycles. The molecule has 0 radical (unpaired) electrons. The average Bonchev–Trinajstić information content (AvgIpc) is 3.26. The molecule has 5 nitrogen and oxygen atoms in total. The predicted octanol–water partition coefficient (Wildman–Crippen LogP) is 3.77. The SMILES string of the molecule is CCOc1cccc2c1OCC(C(=O)NCc1ccccc1CN1CCCC1)=C2. The molecule has 4 rings (SSSR count). The van der Waals surface area contributed by atoms with Crippen molar-refractivity contribution in [3.63, 3.8) is 0 Å². The second kappa shape index (κ2) is 9.14. The molecule has 0 saturated carbocycles. The van der Waals surface area contributed by atoms with Crippen molar-refractivity contribution in [3.8, 4) is 11.5 Å². The van der Waals surface area contributed by atoms with Gasteiger partial charge < -0.3 is 14.8 Å². The Balaban J connectivity index is 1.42. The first kappa shape index (κ1) is 19.5. The van der Waals surface area contributed by atoms with Crippen LogP contribution in [0.2, 0.25) is 0 Å². The summed E-state index contributed by atoms with van der Waals surface area (Å²) in [5.74, 6) is 1.34. The normalized spacial score (nSPS) is 16.0. The van der Waals surface area contributed by atoms with Crippen LogP contribution in [0.3, 0.4) is 0 Å². The van der Waals surface area contributed by atoms with E-state index >= 15 is 0 Å². The van der Waals surface area contributed by atoms with Gasteiger partial charge in [0.1, 0.15) is 6.61 Å². The maximum Gasteiger partial charge on any atom is 0.250 e. The van der Waals surface area contributed by atoms with Crippen molar-refractivity contribution in [1.82, 2.24) is 10.2 Å². The average molecular weight is 392 g/mol. The summed E-state index contributed by atoms with van der Waals surface area (Å²) in [5, 5.41) is 3.07. The third kappa shape index (κ3) is 4.62. The minimum atomic E-state index is -0.0894. The van der Waals surface area contributed by atoms with Crippen LogP contribution in [0.1, 0.15) is 36.5 Å². The first-order valence-corrected chi connectivity index (χ1v) is 10.4. The lowest BCUT2D eigenvalue weighted by molar-refractivity contribution is -0.117. The number of likely N-dealkylation sites (tertiary alicyclic amines) is 1. The molecule has 1 saturated heterocycles. The summed E-state index contributed by atoms with van der Waals surface area (Å²) >= 11 is 0. The second-order valence-corrected chi connectivity index (χ2v) is 7.50. The van der Waals surface area contributed by atoms with Gasteiger partial charge in [0.25, 0.3) is 5.91 Å². The lowest BCUT2D eigenvalue weighted by Gasteiger charge is -2.21. The number of ether oxygens (including phenoxy) is 2. The Morgan fingerprint density at radius 3 is 2.69 bits per heavy atom. The van der Waals surface area contributed by atoms with E-state index < -0.39 is 0 Å². The highest BCUT2D eigenvalue weighted by Crippen LogP contribution is 2.35. The second-order valence-electron chi connectivity index (χ2n) is 7.50. The highest BCUT2D eigenvalue weighted by molar-refractivity contribution is 5.99. The number of nitrogens with zero attached hydrogens (tertiary/aromatic N) is 1. The summed E-state index contributed by atoms with van der Waals surface area (Å²) < 4.78 is 11.5. The topological polar surface area (TPSA) is 50.8 Å². The Bertz CT molecular complexity index is 901. The summed E-state index contributed by atoms with van der Waals surface area (Å²) in [6.45, 7) is 6.56. The van der Waals surface area contributed by atoms with Crippen LogP contribution in [-0.2, 0) is 17.9 Å². The monoisotopic (exact) mass is 392 g/mol. The van der Waals surface area contributed by atoms with Gasteiger partial charge in [-0.3, -0.25) is 9.69 Å². The van der Waals surface area contributed by atoms with Gasteiger partial charge in [-0.1, -0.05) is 36.4 Å². The molecular formula is C24H28N2O3. The number of hydrogen-bond acceptors (Lipinski definition) is 4. The van der Waals surface area contributed by atoms with Gasteiger partial charge in [0.05, 0.1) is 12.2 Å². The van der Waals surface area contributed by atoms with Crippen LogP contribution in [0.5, 0.6) is 11.5 Å². The molecular weight excluding hydrogens is 364 g/mol. The van der Waals surface area contributed by atoms with Gasteiger partial charge >= 0.3 is 0 Å². The fourth-order valence-corrected chi connectivity index (χ4v) is 3.94. The van der Waals surface area contributed by atoms with Crippen LogP contribution in [0.15, 0.2) is 48.0 Å². The van der Waals surface area contributed by atoms with Gasteiger partial charge in [-0.2, -0.15) is 0 Å². The number of carbonyl (C=O) groups is 1. The smallest absolute Gasteiger partial charge is 0.250 e. The van der Waals surface area contributed by atoms with Crippen molar-refractivity contribution in [2.45, 2.75) is 32.9 Å². The number of para-hydroxylation sites is 1. The molecule has 2 aliphatic heterocycles. The molecule has 2 aliphatic rings. The minimum absolute atomic E-state index is 0.0894. The Morgan fingerprint density at radius 2 is 1.90 bits per heavy atom. The van der Waals surface area contributed by atoms with E-state index in [1.165, 1.54) is 24.0 Å². The molecule has 0 aliphatic carbocycles. The van der Waals surface area contributed by atoms with Crippen molar-refractivity contribution >= 4 is 12.0 Å². The molecule has 0 spiro atoms. The maximum absolute atomic E-state index is 12.7. The van der Waals surface area contributed by atoms with Gasteiger partial charge in [0, 0.05) is 18.7 Å². The summed E-state index contributed by atoms with van der Waals surface area (Å²) in [4.78, 5) is 15.2. The van der Waals surface area contributed by atoms with Crippen molar-refractivity contribution in [3.05, 3.63) is 64.7 Å². The zero-order valence-corrected chi connectivity index (χ0v) is 16.9. The van der Waals surface area contributed by atoms with E-state index in [0.717, 1.165) is 30.9 Å². The highest BCUT2D eigenvalue weighted by atomic mass is 16.5. The number of rotatable bonds is 7. The summed E-state index contributed by atoms with van der Waals surface area (Å²) in [7, 11) is 0. The summed E-state index contributed by atoms with van der Waals surface area (Å²) in [6, 6.07) is 14.1. The molecule has 0 atom stereocenters. The summed E-state index contributed by atoms with van der Waals surface area (Å²) in [5.41, 5.74) is 3.96. The maximum atomic E-state index is 12.7. The third-order valence-electron chi connectivity index (χ3n) is 5.45. The zero-order chi connectivity index (χ0) is 20.1. The fraction of sp³-hybridized carbons (Fsp3) is 0.375. The van der Waals surface area contributed by atoms with E-state index in [4.69, 9.17) is 9.47 Å². The number of hydrogen-bond donors (Lipinski definition) is 1. The summed E-state index contributed by atoms with van der Waals surface area (Å²) in [6.07, 6.45) is 4.45. The standard InChI is InChI=1S/C24H28N2O3/c1-2-28-22-11-7-10-18-14-21(17-29-23(18)22)24(27)25-15-19-8-3-4-9-20(19)16-26-12-5-6-13-26/h3-4,7-11,14H,2,5-6,12-13,15-17H2,1H3,(H,25,27). The number of nitrogens with one attached hydrogen (secondary N) is 1. The molecule has 2 heterocycles. The van der Waals surface area contributed by atoms with Crippen molar-refractivity contribution in [2.24, 2.45) is 0 Å². The molecule has 0 bridgehead atoms. The molecule has 152 valence electrons. The largest absolute Gasteiger partial charge is 0.490 e. The predicted molar refractivity (Wildman–Crippen MR) is 114 cm³/mol. The number of benzene rings is 2. The van der Waals surface area contributed by atoms with E-state index in [1.54, 1.807) is 0 Å². The molecule has 1 amide bonds. The molecule has 1 N–H and O–H groups in total. The van der Waals surface area contributed by atoms with E-state index in [9.17, 15) is 4.79 Å². The molecule has 29 heavy (non-hydrogen) atoms. The van der Waals surface area contributed by atoms with Crippen LogP contribution in [0.4, 0.5) is 0 Å². The Morgan fingerprint density at radius 1 is 1.10 bits per heavy atom. The van der Waals surface area contributed by atoms with Gasteiger partial charge in [-0.15, -0.1) is 0 Å². The van der Waals surface area contributed by atoms with Crippen LogP contribution in [-0.4, -0.2) is 37.1 Å². The first-order valence-electron chi connectivity index (χ1n) is 10.4. The molecule has 2 aromatic rings. The van der Waals surface area contributed by atoms with Crippen LogP contribution in [0.25, 0.3) is 6.08 Å². The van der Waals surface area contributed by atoms with Crippen LogP contribution < -0.4 is 14.8 Å². The van der Waals surface area contributed by atoms with E-state index in [2.05, 4.69) is 28.4 Å². The quantitative estimate of drug-likeness (QED) is 0.779. The Kier molecular flexibility index (Phi) is 6.15. The van der Waals surface area contributed by atoms with Crippen LogP contribution >= 0.6 is 0 Å². The molecule has 5 heteroatoms. The van der Waals surface area contributed by atoms with Crippen molar-refractivity contribution < 1.29 is 14.3 Å². The zero-order valence-electron chi connectivity index (χ0n) is 16.9. The van der Waals surface area contributed by atoms with Crippen molar-refractivity contribution in [2.75, 3.05) is 26.3 Å². The van der Waals surface area contributed by atoms with Gasteiger partial charge in [-0.05, 0) is 56.1 Å². The van der Waals surface area contributed by atoms with E-state index in [-0.39, 0.29) is 12.5 Å². The Labute approximate surface area is 172 Å². The molecule has 1 fully saturated rings. The van der Waals surface area contributed by atoms with E-state index in [0.29, 0.717) is 24.5 Å². The lowest BCUT2D eigenvalue weighted by Crippen LogP contribution is -2.29. The first-order chi connectivity index (χ1) is 14.2. The fourth-order valence-electron chi connectivity index (χ4n) is 3.94. The minimum Gasteiger partial charge on any atom is -0.490 e. The number of amides is 1. The van der Waals surface area contributed by atoms with Crippen LogP contribution in [0, 0.1) is 0 Å². The third-order valence-corrected chi connectivity index (χ3v) is 5.45. The van der Waals surface area contributed by atoms with Gasteiger partial charge in [0.2, 0.25) is 0 Å². The lowest BCUT2D eigenvalue weighted by atomic mass is 10.1.